The molecule has 1 aliphatic heterocycles. The lowest BCUT2D eigenvalue weighted by atomic mass is 9.75. The first-order chi connectivity index (χ1) is 14.5. The zero-order chi connectivity index (χ0) is 22.4. The van der Waals surface area contributed by atoms with E-state index in [-0.39, 0.29) is 16.8 Å². The molecule has 170 valence electrons. The lowest BCUT2D eigenvalue weighted by molar-refractivity contribution is 0.160. The van der Waals surface area contributed by atoms with Crippen LogP contribution in [0.25, 0.3) is 11.3 Å². The Morgan fingerprint density at radius 2 is 1.90 bits per heavy atom. The third-order valence-corrected chi connectivity index (χ3v) is 8.64. The number of aromatic nitrogens is 4. The summed E-state index contributed by atoms with van der Waals surface area (Å²) in [6.07, 6.45) is 9.02. The van der Waals surface area contributed by atoms with Crippen molar-refractivity contribution in [1.82, 2.24) is 24.1 Å². The molecule has 3 N–H and O–H groups in total. The number of nitrogens with one attached hydrogen (secondary N) is 1. The summed E-state index contributed by atoms with van der Waals surface area (Å²) in [5, 5.41) is 7.54. The van der Waals surface area contributed by atoms with Gasteiger partial charge >= 0.3 is 0 Å². The van der Waals surface area contributed by atoms with Crippen LogP contribution in [-0.4, -0.2) is 62.4 Å². The average Bonchev–Trinajstić information content (AvgIpc) is 3.17. The average molecular weight is 448 g/mol. The van der Waals surface area contributed by atoms with Crippen LogP contribution in [0, 0.1) is 6.92 Å². The molecule has 2 aliphatic rings. The van der Waals surface area contributed by atoms with Crippen molar-refractivity contribution in [2.75, 3.05) is 18.4 Å². The van der Waals surface area contributed by atoms with Gasteiger partial charge in [0, 0.05) is 42.6 Å². The topological polar surface area (TPSA) is 119 Å². The van der Waals surface area contributed by atoms with Gasteiger partial charge in [0.25, 0.3) is 0 Å². The van der Waals surface area contributed by atoms with E-state index in [9.17, 15) is 8.42 Å². The zero-order valence-electron chi connectivity index (χ0n) is 18.7. The third-order valence-electron chi connectivity index (χ3n) is 6.37. The van der Waals surface area contributed by atoms with Gasteiger partial charge in [-0.1, -0.05) is 0 Å². The minimum atomic E-state index is -3.20. The Balaban J connectivity index is 1.42. The van der Waals surface area contributed by atoms with Crippen molar-refractivity contribution >= 4 is 16.0 Å². The zero-order valence-corrected chi connectivity index (χ0v) is 19.6. The van der Waals surface area contributed by atoms with Gasteiger partial charge in [-0.15, -0.1) is 0 Å². The number of hydrogen-bond acceptors (Lipinski definition) is 7. The van der Waals surface area contributed by atoms with Gasteiger partial charge in [-0.25, -0.2) is 22.7 Å². The summed E-state index contributed by atoms with van der Waals surface area (Å²) in [7, 11) is -3.20. The van der Waals surface area contributed by atoms with Crippen molar-refractivity contribution in [3.05, 3.63) is 24.2 Å². The Morgan fingerprint density at radius 3 is 2.52 bits per heavy atom. The van der Waals surface area contributed by atoms with E-state index in [1.807, 2.05) is 30.2 Å². The van der Waals surface area contributed by atoms with Crippen molar-refractivity contribution in [3.63, 3.8) is 0 Å². The van der Waals surface area contributed by atoms with Crippen LogP contribution in [0.5, 0.6) is 0 Å². The molecule has 2 aromatic rings. The summed E-state index contributed by atoms with van der Waals surface area (Å²) >= 11 is 0. The number of rotatable bonds is 6. The van der Waals surface area contributed by atoms with Crippen molar-refractivity contribution in [3.8, 4) is 11.3 Å². The fourth-order valence-electron chi connectivity index (χ4n) is 4.40. The molecule has 0 bridgehead atoms. The molecule has 0 atom stereocenters. The van der Waals surface area contributed by atoms with Crippen LogP contribution in [0.1, 0.15) is 58.1 Å². The number of anilines is 1. The van der Waals surface area contributed by atoms with Gasteiger partial charge in [0.1, 0.15) is 0 Å². The maximum atomic E-state index is 12.4. The van der Waals surface area contributed by atoms with E-state index in [4.69, 9.17) is 10.7 Å². The molecule has 0 radical (unpaired) electrons. The number of nitrogens with zero attached hydrogens (tertiary/aromatic N) is 5. The van der Waals surface area contributed by atoms with Gasteiger partial charge in [-0.3, -0.25) is 4.68 Å². The Bertz CT molecular complexity index is 1030. The standard InChI is InChI=1S/C21H33N7O2S/c1-14(2)31(29,30)27-7-5-17(6-8-27)25-20-23-11-15(3)19(26-20)16-12-24-28(13-16)18-9-21(4,22)10-18/h11-14,17-18H,5-10,22H2,1-4H3,(H,23,25,26). The smallest absolute Gasteiger partial charge is 0.223 e. The Hall–Kier alpha value is -2.04. The van der Waals surface area contributed by atoms with Crippen molar-refractivity contribution in [1.29, 1.82) is 0 Å². The summed E-state index contributed by atoms with van der Waals surface area (Å²) in [5.74, 6) is 0.566. The Labute approximate surface area is 184 Å². The fourth-order valence-corrected chi connectivity index (χ4v) is 5.72. The molecule has 1 aliphatic carbocycles. The highest BCUT2D eigenvalue weighted by Crippen LogP contribution is 2.39. The second-order valence-electron chi connectivity index (χ2n) is 9.56. The quantitative estimate of drug-likeness (QED) is 0.697. The number of hydrogen-bond donors (Lipinski definition) is 2. The summed E-state index contributed by atoms with van der Waals surface area (Å²) in [6, 6.07) is 0.491. The molecular weight excluding hydrogens is 414 g/mol. The maximum absolute atomic E-state index is 12.4. The maximum Gasteiger partial charge on any atom is 0.223 e. The molecule has 10 heteroatoms. The van der Waals surface area contributed by atoms with Gasteiger partial charge in [0.15, 0.2) is 0 Å². The first-order valence-electron chi connectivity index (χ1n) is 11.0. The first kappa shape index (κ1) is 22.2. The molecule has 1 saturated heterocycles. The lowest BCUT2D eigenvalue weighted by Crippen LogP contribution is -2.49. The van der Waals surface area contributed by atoms with Gasteiger partial charge in [0.2, 0.25) is 16.0 Å². The number of piperidine rings is 1. The van der Waals surface area contributed by atoms with Crippen molar-refractivity contribution < 1.29 is 8.42 Å². The predicted molar refractivity (Wildman–Crippen MR) is 121 cm³/mol. The van der Waals surface area contributed by atoms with Crippen LogP contribution in [-0.2, 0) is 10.0 Å². The molecule has 4 rings (SSSR count). The van der Waals surface area contributed by atoms with Crippen LogP contribution in [0.15, 0.2) is 18.6 Å². The van der Waals surface area contributed by atoms with Gasteiger partial charge in [-0.05, 0) is 58.9 Å². The third kappa shape index (κ3) is 4.61. The number of nitrogens with two attached hydrogens (primary N) is 1. The van der Waals surface area contributed by atoms with Gasteiger partial charge < -0.3 is 11.1 Å². The van der Waals surface area contributed by atoms with Crippen LogP contribution in [0.4, 0.5) is 5.95 Å². The van der Waals surface area contributed by atoms with Crippen LogP contribution in [0.3, 0.4) is 0 Å². The van der Waals surface area contributed by atoms with E-state index in [1.54, 1.807) is 18.2 Å². The summed E-state index contributed by atoms with van der Waals surface area (Å²) in [6.45, 7) is 8.55. The van der Waals surface area contributed by atoms with Crippen LogP contribution in [0.2, 0.25) is 0 Å². The largest absolute Gasteiger partial charge is 0.351 e. The number of aryl methyl sites for hydroxylation is 1. The molecule has 2 fully saturated rings. The second-order valence-corrected chi connectivity index (χ2v) is 12.1. The first-order valence-corrected chi connectivity index (χ1v) is 12.5. The van der Waals surface area contributed by atoms with E-state index in [2.05, 4.69) is 22.3 Å². The predicted octanol–water partition coefficient (Wildman–Crippen LogP) is 2.32. The summed E-state index contributed by atoms with van der Waals surface area (Å²) in [4.78, 5) is 9.19. The summed E-state index contributed by atoms with van der Waals surface area (Å²) in [5.41, 5.74) is 8.86. The second kappa shape index (κ2) is 8.14. The highest BCUT2D eigenvalue weighted by molar-refractivity contribution is 7.89. The highest BCUT2D eigenvalue weighted by Gasteiger charge is 2.38. The van der Waals surface area contributed by atoms with Gasteiger partial charge in [-0.2, -0.15) is 5.10 Å². The lowest BCUT2D eigenvalue weighted by Gasteiger charge is -2.42. The van der Waals surface area contributed by atoms with Crippen LogP contribution < -0.4 is 11.1 Å². The molecule has 0 aromatic carbocycles. The van der Waals surface area contributed by atoms with E-state index >= 15 is 0 Å². The summed E-state index contributed by atoms with van der Waals surface area (Å²) < 4.78 is 28.3. The molecule has 0 spiro atoms. The molecule has 2 aromatic heterocycles. The molecule has 31 heavy (non-hydrogen) atoms. The Kier molecular flexibility index (Phi) is 5.82. The van der Waals surface area contributed by atoms with Crippen molar-refractivity contribution in [2.24, 2.45) is 5.73 Å². The Morgan fingerprint density at radius 1 is 1.23 bits per heavy atom. The van der Waals surface area contributed by atoms with E-state index in [0.717, 1.165) is 42.5 Å². The fraction of sp³-hybridized carbons (Fsp3) is 0.667. The highest BCUT2D eigenvalue weighted by atomic mass is 32.2. The SMILES string of the molecule is Cc1cnc(NC2CCN(S(=O)(=O)C(C)C)CC2)nc1-c1cnn(C2CC(C)(N)C2)c1. The molecule has 9 nitrogen and oxygen atoms in total. The van der Waals surface area contributed by atoms with E-state index in [0.29, 0.717) is 25.1 Å². The van der Waals surface area contributed by atoms with Gasteiger partial charge in [0.05, 0.1) is 23.2 Å². The molecule has 3 heterocycles. The van der Waals surface area contributed by atoms with Crippen molar-refractivity contribution in [2.45, 2.75) is 76.3 Å². The minimum absolute atomic E-state index is 0.0945. The van der Waals surface area contributed by atoms with E-state index in [1.165, 1.54) is 0 Å². The molecule has 0 amide bonds. The monoisotopic (exact) mass is 447 g/mol. The molecule has 1 saturated carbocycles. The minimum Gasteiger partial charge on any atom is -0.351 e. The molecule has 0 unspecified atom stereocenters. The normalized spacial score (nSPS) is 25.5. The molecular formula is C21H33N7O2S. The van der Waals surface area contributed by atoms with Crippen LogP contribution >= 0.6 is 0 Å². The number of sulfonamides is 1. The van der Waals surface area contributed by atoms with E-state index < -0.39 is 10.0 Å².